The molecule has 2 rings (SSSR count). The number of aromatic nitrogens is 1. The van der Waals surface area contributed by atoms with Crippen LogP contribution in [0.4, 0.5) is 5.69 Å². The first-order valence-corrected chi connectivity index (χ1v) is 6.24. The van der Waals surface area contributed by atoms with Crippen molar-refractivity contribution in [3.8, 4) is 0 Å². The molecule has 0 aliphatic rings. The van der Waals surface area contributed by atoms with Gasteiger partial charge in [-0.3, -0.25) is 4.79 Å². The third kappa shape index (κ3) is 3.82. The lowest BCUT2D eigenvalue weighted by atomic mass is 10.2. The number of anilines is 1. The molecule has 0 aliphatic carbocycles. The number of benzene rings is 1. The molecule has 2 aromatic rings. The maximum absolute atomic E-state index is 11.7. The van der Waals surface area contributed by atoms with Crippen molar-refractivity contribution in [3.05, 3.63) is 64.9 Å². The zero-order valence-electron chi connectivity index (χ0n) is 9.56. The van der Waals surface area contributed by atoms with Crippen LogP contribution in [0.5, 0.6) is 0 Å². The van der Waals surface area contributed by atoms with Gasteiger partial charge in [0.15, 0.2) is 12.4 Å². The summed E-state index contributed by atoms with van der Waals surface area (Å²) in [6, 6.07) is 11.3. The number of H-pyrrole nitrogens is 1. The predicted octanol–water partition coefficient (Wildman–Crippen LogP) is 2.92. The molecule has 2 N–H and O–H groups in total. The normalized spacial score (nSPS) is 10.5. The van der Waals surface area contributed by atoms with Crippen LogP contribution in [-0.2, 0) is 4.79 Å². The number of hydrogen-bond donors (Lipinski definition) is 1. The number of rotatable bonds is 3. The average molecular weight is 304 g/mol. The zero-order valence-corrected chi connectivity index (χ0v) is 11.1. The Morgan fingerprint density at radius 2 is 2.17 bits per heavy atom. The zero-order chi connectivity index (χ0) is 12.8. The summed E-state index contributed by atoms with van der Waals surface area (Å²) in [5.74, 6) is -0.156. The summed E-state index contributed by atoms with van der Waals surface area (Å²) < 4.78 is 0.932. The molecule has 4 heteroatoms. The molecule has 1 heterocycles. The molecule has 0 atom stereocenters. The highest BCUT2D eigenvalue weighted by molar-refractivity contribution is 9.10. The van der Waals surface area contributed by atoms with E-state index in [9.17, 15) is 4.79 Å². The number of amides is 1. The Bertz CT molecular complexity index is 567. The third-order valence-electron chi connectivity index (χ3n) is 2.25. The highest BCUT2D eigenvalue weighted by atomic mass is 79.9. The predicted molar refractivity (Wildman–Crippen MR) is 74.8 cm³/mol. The van der Waals surface area contributed by atoms with Crippen molar-refractivity contribution in [1.82, 2.24) is 0 Å². The minimum Gasteiger partial charge on any atom is -0.322 e. The fraction of sp³-hybridized carbons (Fsp3) is 0. The quantitative estimate of drug-likeness (QED) is 0.871. The Labute approximate surface area is 114 Å². The van der Waals surface area contributed by atoms with Gasteiger partial charge in [-0.25, -0.2) is 4.98 Å². The van der Waals surface area contributed by atoms with Crippen LogP contribution in [0.2, 0.25) is 0 Å². The fourth-order valence-corrected chi connectivity index (χ4v) is 1.83. The number of halogens is 1. The molecule has 0 aliphatic heterocycles. The first-order chi connectivity index (χ1) is 8.74. The van der Waals surface area contributed by atoms with Gasteiger partial charge < -0.3 is 5.32 Å². The van der Waals surface area contributed by atoms with Crippen LogP contribution in [0.25, 0.3) is 6.08 Å². The number of aromatic amines is 1. The van der Waals surface area contributed by atoms with Gasteiger partial charge in [-0.1, -0.05) is 22.0 Å². The summed E-state index contributed by atoms with van der Waals surface area (Å²) in [6.07, 6.45) is 6.90. The largest absolute Gasteiger partial charge is 0.322 e. The fourth-order valence-electron chi connectivity index (χ4n) is 1.43. The summed E-state index contributed by atoms with van der Waals surface area (Å²) in [5.41, 5.74) is 1.71. The second-order valence-electron chi connectivity index (χ2n) is 3.67. The molecule has 0 saturated heterocycles. The first kappa shape index (κ1) is 12.5. The SMILES string of the molecule is O=C(C=Cc1ccc[nH+]c1)Nc1cccc(Br)c1. The molecule has 0 spiro atoms. The molecule has 18 heavy (non-hydrogen) atoms. The number of pyridine rings is 1. The molecule has 0 unspecified atom stereocenters. The average Bonchev–Trinajstić information content (AvgIpc) is 2.38. The van der Waals surface area contributed by atoms with Gasteiger partial charge in [-0.15, -0.1) is 0 Å². The van der Waals surface area contributed by atoms with Gasteiger partial charge in [-0.05, 0) is 30.3 Å². The molecule has 1 amide bonds. The Balaban J connectivity index is 1.99. The second kappa shape index (κ2) is 6.12. The van der Waals surface area contributed by atoms with Crippen LogP contribution in [0.1, 0.15) is 5.56 Å². The standard InChI is InChI=1S/C14H11BrN2O/c15-12-4-1-5-13(9-12)17-14(18)7-6-11-3-2-8-16-10-11/h1-10H,(H,17,18)/p+1. The lowest BCUT2D eigenvalue weighted by Gasteiger charge is -2.01. The van der Waals surface area contributed by atoms with E-state index in [0.29, 0.717) is 0 Å². The maximum atomic E-state index is 11.7. The van der Waals surface area contributed by atoms with Gasteiger partial charge in [0.25, 0.3) is 0 Å². The monoisotopic (exact) mass is 303 g/mol. The second-order valence-corrected chi connectivity index (χ2v) is 4.59. The van der Waals surface area contributed by atoms with E-state index in [4.69, 9.17) is 0 Å². The van der Waals surface area contributed by atoms with Gasteiger partial charge >= 0.3 is 0 Å². The molecule has 0 bridgehead atoms. The van der Waals surface area contributed by atoms with Gasteiger partial charge in [0, 0.05) is 27.9 Å². The number of nitrogens with one attached hydrogen (secondary N) is 2. The molecule has 1 aromatic carbocycles. The van der Waals surface area contributed by atoms with E-state index in [2.05, 4.69) is 26.2 Å². The van der Waals surface area contributed by atoms with E-state index in [-0.39, 0.29) is 5.91 Å². The molecule has 0 radical (unpaired) electrons. The summed E-state index contributed by atoms with van der Waals surface area (Å²) >= 11 is 3.35. The van der Waals surface area contributed by atoms with Crippen molar-refractivity contribution in [2.45, 2.75) is 0 Å². The lowest BCUT2D eigenvalue weighted by molar-refractivity contribution is -0.378. The Morgan fingerprint density at radius 1 is 1.28 bits per heavy atom. The van der Waals surface area contributed by atoms with E-state index >= 15 is 0 Å². The highest BCUT2D eigenvalue weighted by Crippen LogP contribution is 2.15. The minimum atomic E-state index is -0.156. The summed E-state index contributed by atoms with van der Waals surface area (Å²) in [6.45, 7) is 0. The van der Waals surface area contributed by atoms with E-state index in [0.717, 1.165) is 15.7 Å². The van der Waals surface area contributed by atoms with E-state index in [1.54, 1.807) is 6.08 Å². The van der Waals surface area contributed by atoms with Crippen molar-refractivity contribution < 1.29 is 9.78 Å². The molecule has 3 nitrogen and oxygen atoms in total. The highest BCUT2D eigenvalue weighted by Gasteiger charge is 1.98. The van der Waals surface area contributed by atoms with Gasteiger partial charge in [-0.2, -0.15) is 0 Å². The third-order valence-corrected chi connectivity index (χ3v) is 2.74. The smallest absolute Gasteiger partial charge is 0.248 e. The number of carbonyl (C=O) groups is 1. The molecular formula is C14H12BrN2O+. The van der Waals surface area contributed by atoms with E-state index in [1.807, 2.05) is 48.8 Å². The van der Waals surface area contributed by atoms with Crippen molar-refractivity contribution in [1.29, 1.82) is 0 Å². The molecule has 0 saturated carbocycles. The first-order valence-electron chi connectivity index (χ1n) is 5.45. The Morgan fingerprint density at radius 3 is 2.89 bits per heavy atom. The van der Waals surface area contributed by atoms with Gasteiger partial charge in [0.05, 0.1) is 0 Å². The number of hydrogen-bond acceptors (Lipinski definition) is 1. The Hall–Kier alpha value is -1.94. The van der Waals surface area contributed by atoms with Gasteiger partial charge in [0.2, 0.25) is 5.91 Å². The summed E-state index contributed by atoms with van der Waals surface area (Å²) in [5, 5.41) is 2.79. The summed E-state index contributed by atoms with van der Waals surface area (Å²) in [7, 11) is 0. The van der Waals surface area contributed by atoms with E-state index in [1.165, 1.54) is 6.08 Å². The molecule has 1 aromatic heterocycles. The minimum absolute atomic E-state index is 0.156. The van der Waals surface area contributed by atoms with Crippen LogP contribution in [0.15, 0.2) is 59.3 Å². The molecule has 90 valence electrons. The maximum Gasteiger partial charge on any atom is 0.248 e. The van der Waals surface area contributed by atoms with Crippen LogP contribution in [-0.4, -0.2) is 5.91 Å². The lowest BCUT2D eigenvalue weighted by Crippen LogP contribution is -2.07. The molecule has 0 fully saturated rings. The molecular weight excluding hydrogens is 292 g/mol. The number of carbonyl (C=O) groups excluding carboxylic acids is 1. The van der Waals surface area contributed by atoms with Crippen molar-refractivity contribution in [2.75, 3.05) is 5.32 Å². The van der Waals surface area contributed by atoms with Crippen LogP contribution in [0.3, 0.4) is 0 Å². The van der Waals surface area contributed by atoms with Crippen molar-refractivity contribution in [3.63, 3.8) is 0 Å². The van der Waals surface area contributed by atoms with Crippen LogP contribution in [0, 0.1) is 0 Å². The summed E-state index contributed by atoms with van der Waals surface area (Å²) in [4.78, 5) is 14.6. The van der Waals surface area contributed by atoms with Crippen molar-refractivity contribution >= 4 is 33.6 Å². The van der Waals surface area contributed by atoms with Crippen LogP contribution < -0.4 is 10.3 Å². The van der Waals surface area contributed by atoms with Gasteiger partial charge in [0.1, 0.15) is 0 Å². The van der Waals surface area contributed by atoms with Crippen molar-refractivity contribution in [2.24, 2.45) is 0 Å². The van der Waals surface area contributed by atoms with Crippen LogP contribution >= 0.6 is 15.9 Å². The topological polar surface area (TPSA) is 43.2 Å². The Kier molecular flexibility index (Phi) is 4.25. The van der Waals surface area contributed by atoms with E-state index < -0.39 is 0 Å².